The van der Waals surface area contributed by atoms with Gasteiger partial charge in [-0.2, -0.15) is 0 Å². The van der Waals surface area contributed by atoms with Gasteiger partial charge in [0.1, 0.15) is 22.7 Å². The molecule has 3 aromatic rings. The maximum Gasteiger partial charge on any atom is 0.268 e. The van der Waals surface area contributed by atoms with E-state index in [4.69, 9.17) is 11.6 Å². The van der Waals surface area contributed by atoms with E-state index in [1.54, 1.807) is 30.5 Å². The first-order valence-electron chi connectivity index (χ1n) is 9.55. The first kappa shape index (κ1) is 20.3. The average molecular weight is 431 g/mol. The summed E-state index contributed by atoms with van der Waals surface area (Å²) in [5, 5.41) is 13.6. The summed E-state index contributed by atoms with van der Waals surface area (Å²) in [6.45, 7) is 0.650. The first-order valence-corrected chi connectivity index (χ1v) is 9.93. The molecule has 1 saturated heterocycles. The fraction of sp³-hybridized carbons (Fsp3) is 0.286. The lowest BCUT2D eigenvalue weighted by Gasteiger charge is -2.24. The van der Waals surface area contributed by atoms with Gasteiger partial charge in [-0.25, -0.2) is 9.37 Å². The van der Waals surface area contributed by atoms with Crippen molar-refractivity contribution in [3.05, 3.63) is 64.8 Å². The van der Waals surface area contributed by atoms with Crippen molar-refractivity contribution in [1.29, 1.82) is 0 Å². The molecule has 0 aliphatic carbocycles. The monoisotopic (exact) mass is 430 g/mol. The number of H-pyrrole nitrogens is 1. The van der Waals surface area contributed by atoms with Gasteiger partial charge in [-0.1, -0.05) is 23.7 Å². The molecule has 1 fully saturated rings. The predicted molar refractivity (Wildman–Crippen MR) is 110 cm³/mol. The number of β-amino-alcohol motifs (C(OH)–C–C–N with tert-alkyl or cyclic N) is 1. The lowest BCUT2D eigenvalue weighted by molar-refractivity contribution is -0.132. The van der Waals surface area contributed by atoms with Crippen LogP contribution in [0.1, 0.15) is 22.5 Å². The molecule has 0 unspecified atom stereocenters. The zero-order chi connectivity index (χ0) is 21.3. The van der Waals surface area contributed by atoms with Gasteiger partial charge in [0.15, 0.2) is 0 Å². The summed E-state index contributed by atoms with van der Waals surface area (Å²) < 4.78 is 13.2. The number of nitrogens with zero attached hydrogens (tertiary/aromatic N) is 2. The number of rotatable bonds is 5. The molecule has 30 heavy (non-hydrogen) atoms. The second-order valence-corrected chi connectivity index (χ2v) is 7.75. The Labute approximate surface area is 176 Å². The standard InChI is InChI=1S/C21H20ClFN4O3/c22-19-9-16-13(10-24-19)8-17(25-16)20(29)26-18(7-12-1-3-14(23)4-2-12)21(30)27-6-5-15(28)11-27/h1-4,8-10,15,18,25,28H,5-7,11H2,(H,26,29)/t15-,18+/m1/s1. The highest BCUT2D eigenvalue weighted by molar-refractivity contribution is 6.30. The molecule has 2 aromatic heterocycles. The molecule has 2 atom stereocenters. The van der Waals surface area contributed by atoms with Crippen LogP contribution >= 0.6 is 11.6 Å². The SMILES string of the molecule is O=C(N[C@@H](Cc1ccc(F)cc1)C(=O)N1CC[C@@H](O)C1)c1cc2cnc(Cl)cc2[nH]1. The van der Waals surface area contributed by atoms with Crippen molar-refractivity contribution in [2.24, 2.45) is 0 Å². The van der Waals surface area contributed by atoms with Crippen LogP contribution in [0.2, 0.25) is 5.15 Å². The Morgan fingerprint density at radius 2 is 2.10 bits per heavy atom. The molecule has 1 aliphatic heterocycles. The Balaban J connectivity index is 1.56. The topological polar surface area (TPSA) is 98.3 Å². The normalized spacial score (nSPS) is 17.3. The molecule has 0 bridgehead atoms. The zero-order valence-electron chi connectivity index (χ0n) is 15.9. The van der Waals surface area contributed by atoms with Crippen LogP contribution in [0.25, 0.3) is 10.9 Å². The smallest absolute Gasteiger partial charge is 0.268 e. The summed E-state index contributed by atoms with van der Waals surface area (Å²) in [5.74, 6) is -1.12. The minimum absolute atomic E-state index is 0.199. The van der Waals surface area contributed by atoms with E-state index in [-0.39, 0.29) is 30.4 Å². The fourth-order valence-corrected chi connectivity index (χ4v) is 3.74. The van der Waals surface area contributed by atoms with Crippen molar-refractivity contribution in [3.63, 3.8) is 0 Å². The van der Waals surface area contributed by atoms with Crippen molar-refractivity contribution in [2.45, 2.75) is 25.0 Å². The van der Waals surface area contributed by atoms with Crippen molar-refractivity contribution in [3.8, 4) is 0 Å². The van der Waals surface area contributed by atoms with Gasteiger partial charge in [0.2, 0.25) is 5.91 Å². The molecule has 3 heterocycles. The lowest BCUT2D eigenvalue weighted by atomic mass is 10.0. The summed E-state index contributed by atoms with van der Waals surface area (Å²) in [7, 11) is 0. The summed E-state index contributed by atoms with van der Waals surface area (Å²) in [6, 6.07) is 8.17. The Bertz CT molecular complexity index is 1090. The molecule has 9 heteroatoms. The molecule has 4 rings (SSSR count). The van der Waals surface area contributed by atoms with Crippen molar-refractivity contribution < 1.29 is 19.1 Å². The Morgan fingerprint density at radius 3 is 2.80 bits per heavy atom. The molecule has 156 valence electrons. The van der Waals surface area contributed by atoms with Crippen LogP contribution in [-0.4, -0.2) is 57.0 Å². The van der Waals surface area contributed by atoms with E-state index >= 15 is 0 Å². The summed E-state index contributed by atoms with van der Waals surface area (Å²) in [6.07, 6.45) is 1.68. The van der Waals surface area contributed by atoms with Crippen molar-refractivity contribution >= 4 is 34.3 Å². The highest BCUT2D eigenvalue weighted by Gasteiger charge is 2.31. The van der Waals surface area contributed by atoms with Crippen LogP contribution < -0.4 is 5.32 Å². The van der Waals surface area contributed by atoms with Gasteiger partial charge in [0.25, 0.3) is 5.91 Å². The van der Waals surface area contributed by atoms with Crippen LogP contribution in [0, 0.1) is 5.82 Å². The number of hydrogen-bond donors (Lipinski definition) is 3. The van der Waals surface area contributed by atoms with E-state index in [9.17, 15) is 19.1 Å². The predicted octanol–water partition coefficient (Wildman–Crippen LogP) is 2.29. The summed E-state index contributed by atoms with van der Waals surface area (Å²) in [4.78, 5) is 34.4. The highest BCUT2D eigenvalue weighted by atomic mass is 35.5. The molecule has 2 amide bonds. The van der Waals surface area contributed by atoms with Gasteiger partial charge in [-0.05, 0) is 36.2 Å². The molecule has 1 aliphatic rings. The third-order valence-corrected chi connectivity index (χ3v) is 5.35. The first-order chi connectivity index (χ1) is 14.4. The molecule has 0 spiro atoms. The molecule has 3 N–H and O–H groups in total. The Morgan fingerprint density at radius 1 is 1.33 bits per heavy atom. The Kier molecular flexibility index (Phi) is 5.69. The van der Waals surface area contributed by atoms with E-state index in [0.717, 1.165) is 0 Å². The molecular weight excluding hydrogens is 411 g/mol. The van der Waals surface area contributed by atoms with E-state index in [2.05, 4.69) is 15.3 Å². The molecule has 7 nitrogen and oxygen atoms in total. The van der Waals surface area contributed by atoms with Gasteiger partial charge in [0.05, 0.1) is 11.6 Å². The minimum atomic E-state index is -0.860. The number of carbonyl (C=O) groups is 2. The van der Waals surface area contributed by atoms with Crippen LogP contribution in [0.15, 0.2) is 42.6 Å². The maximum atomic E-state index is 13.2. The number of fused-ring (bicyclic) bond motifs is 1. The quantitative estimate of drug-likeness (QED) is 0.541. The number of nitrogens with one attached hydrogen (secondary N) is 2. The van der Waals surface area contributed by atoms with E-state index in [1.807, 2.05) is 0 Å². The fourth-order valence-electron chi connectivity index (χ4n) is 3.58. The largest absolute Gasteiger partial charge is 0.391 e. The summed E-state index contributed by atoms with van der Waals surface area (Å²) in [5.41, 5.74) is 1.64. The van der Waals surface area contributed by atoms with Gasteiger partial charge < -0.3 is 20.3 Å². The molecule has 1 aromatic carbocycles. The van der Waals surface area contributed by atoms with E-state index in [1.165, 1.54) is 17.0 Å². The number of aliphatic hydroxyl groups excluding tert-OH is 1. The number of likely N-dealkylation sites (tertiary alicyclic amines) is 1. The van der Waals surface area contributed by atoms with Crippen LogP contribution in [0.3, 0.4) is 0 Å². The zero-order valence-corrected chi connectivity index (χ0v) is 16.7. The number of aromatic amines is 1. The van der Waals surface area contributed by atoms with Crippen LogP contribution in [-0.2, 0) is 11.2 Å². The maximum absolute atomic E-state index is 13.2. The average Bonchev–Trinajstić information content (AvgIpc) is 3.34. The third kappa shape index (κ3) is 4.44. The second kappa shape index (κ2) is 8.41. The number of aromatic nitrogens is 2. The lowest BCUT2D eigenvalue weighted by Crippen LogP contribution is -2.49. The van der Waals surface area contributed by atoms with E-state index < -0.39 is 18.1 Å². The van der Waals surface area contributed by atoms with Gasteiger partial charge >= 0.3 is 0 Å². The number of hydrogen-bond acceptors (Lipinski definition) is 4. The number of amides is 2. The van der Waals surface area contributed by atoms with Gasteiger partial charge in [0, 0.05) is 31.1 Å². The summed E-state index contributed by atoms with van der Waals surface area (Å²) >= 11 is 5.89. The number of aliphatic hydroxyl groups is 1. The third-order valence-electron chi connectivity index (χ3n) is 5.15. The highest BCUT2D eigenvalue weighted by Crippen LogP contribution is 2.18. The number of pyridine rings is 1. The minimum Gasteiger partial charge on any atom is -0.391 e. The van der Waals surface area contributed by atoms with Gasteiger partial charge in [-0.3, -0.25) is 9.59 Å². The van der Waals surface area contributed by atoms with Crippen molar-refractivity contribution in [2.75, 3.05) is 13.1 Å². The number of carbonyl (C=O) groups excluding carboxylic acids is 2. The Hall–Kier alpha value is -2.97. The molecule has 0 saturated carbocycles. The molecule has 0 radical (unpaired) electrons. The second-order valence-electron chi connectivity index (χ2n) is 7.36. The molecular formula is C21H20ClFN4O3. The number of halogens is 2. The van der Waals surface area contributed by atoms with Crippen LogP contribution in [0.5, 0.6) is 0 Å². The number of benzene rings is 1. The van der Waals surface area contributed by atoms with Crippen LogP contribution in [0.4, 0.5) is 4.39 Å². The van der Waals surface area contributed by atoms with E-state index in [0.29, 0.717) is 34.6 Å². The van der Waals surface area contributed by atoms with Crippen molar-refractivity contribution in [1.82, 2.24) is 20.2 Å². The van der Waals surface area contributed by atoms with Gasteiger partial charge in [-0.15, -0.1) is 0 Å².